The number of rotatable bonds is 2. The van der Waals surface area contributed by atoms with E-state index in [1.165, 1.54) is 19.3 Å². The molecule has 2 unspecified atom stereocenters. The Morgan fingerprint density at radius 2 is 2.10 bits per heavy atom. The topological polar surface area (TPSA) is 19.9 Å². The van der Waals surface area contributed by atoms with Crippen molar-refractivity contribution in [1.82, 2.24) is 0 Å². The summed E-state index contributed by atoms with van der Waals surface area (Å²) in [7, 11) is 0. The van der Waals surface area contributed by atoms with E-state index < -0.39 is 0 Å². The molecule has 0 bridgehead atoms. The van der Waals surface area contributed by atoms with Gasteiger partial charge < -0.3 is 0 Å². The zero-order chi connectivity index (χ0) is 7.56. The normalized spacial score (nSPS) is 33.6. The Bertz CT molecular complexity index is 98.9. The molecular weight excluding hydrogens is 124 g/mol. The van der Waals surface area contributed by atoms with Crippen molar-refractivity contribution in [2.24, 2.45) is 17.8 Å². The van der Waals surface area contributed by atoms with E-state index in [1.54, 1.807) is 0 Å². The maximum Gasteiger partial charge on any atom is 0.0850 e. The fourth-order valence-electron chi connectivity index (χ4n) is 1.87. The quantitative estimate of drug-likeness (QED) is 0.563. The molecule has 1 fully saturated rings. The zero-order valence-electron chi connectivity index (χ0n) is 6.97. The summed E-state index contributed by atoms with van der Waals surface area (Å²) in [6.45, 7) is 4.68. The first-order chi connectivity index (χ1) is 4.74. The standard InChI is InChI=1S/C9H17O/c1-7(2)9-4-3-8(5-9)6-10/h7-9H,3-6H2,1-2H3. The van der Waals surface area contributed by atoms with Crippen LogP contribution in [0.15, 0.2) is 0 Å². The first-order valence-electron chi connectivity index (χ1n) is 4.32. The second kappa shape index (κ2) is 3.38. The van der Waals surface area contributed by atoms with Gasteiger partial charge in [0, 0.05) is 0 Å². The van der Waals surface area contributed by atoms with Gasteiger partial charge in [-0.25, -0.2) is 5.11 Å². The van der Waals surface area contributed by atoms with E-state index in [-0.39, 0.29) is 6.61 Å². The predicted molar refractivity (Wildman–Crippen MR) is 41.2 cm³/mol. The van der Waals surface area contributed by atoms with Crippen LogP contribution in [0, 0.1) is 17.8 Å². The van der Waals surface area contributed by atoms with Crippen LogP contribution in [0.3, 0.4) is 0 Å². The van der Waals surface area contributed by atoms with Crippen LogP contribution in [0.4, 0.5) is 0 Å². The molecule has 1 nitrogen and oxygen atoms in total. The minimum absolute atomic E-state index is 0.156. The van der Waals surface area contributed by atoms with Gasteiger partial charge in [0.2, 0.25) is 0 Å². The van der Waals surface area contributed by atoms with Crippen LogP contribution >= 0.6 is 0 Å². The minimum Gasteiger partial charge on any atom is -0.236 e. The largest absolute Gasteiger partial charge is 0.236 e. The average Bonchev–Trinajstić information content (AvgIpc) is 2.34. The lowest BCUT2D eigenvalue weighted by Crippen LogP contribution is -2.05. The molecule has 2 atom stereocenters. The molecule has 0 aromatic carbocycles. The van der Waals surface area contributed by atoms with Crippen LogP contribution in [-0.4, -0.2) is 6.61 Å². The van der Waals surface area contributed by atoms with Gasteiger partial charge in [-0.15, -0.1) is 0 Å². The highest BCUT2D eigenvalue weighted by molar-refractivity contribution is 4.76. The fraction of sp³-hybridized carbons (Fsp3) is 1.00. The van der Waals surface area contributed by atoms with Crippen molar-refractivity contribution in [3.05, 3.63) is 0 Å². The average molecular weight is 141 g/mol. The summed E-state index contributed by atoms with van der Waals surface area (Å²) >= 11 is 0. The molecule has 1 rings (SSSR count). The van der Waals surface area contributed by atoms with Crippen molar-refractivity contribution < 1.29 is 5.11 Å². The molecule has 1 saturated carbocycles. The predicted octanol–water partition coefficient (Wildman–Crippen LogP) is 2.49. The van der Waals surface area contributed by atoms with E-state index in [0.29, 0.717) is 5.92 Å². The van der Waals surface area contributed by atoms with Crippen molar-refractivity contribution >= 4 is 0 Å². The molecule has 0 aliphatic heterocycles. The van der Waals surface area contributed by atoms with Crippen LogP contribution < -0.4 is 0 Å². The van der Waals surface area contributed by atoms with Gasteiger partial charge >= 0.3 is 0 Å². The van der Waals surface area contributed by atoms with Crippen molar-refractivity contribution in [1.29, 1.82) is 0 Å². The zero-order valence-corrected chi connectivity index (χ0v) is 6.97. The first-order valence-corrected chi connectivity index (χ1v) is 4.32. The van der Waals surface area contributed by atoms with Crippen LogP contribution in [-0.2, 0) is 5.11 Å². The van der Waals surface area contributed by atoms with Crippen LogP contribution in [0.2, 0.25) is 0 Å². The first kappa shape index (κ1) is 8.06. The van der Waals surface area contributed by atoms with E-state index in [1.807, 2.05) is 0 Å². The second-order valence-corrected chi connectivity index (χ2v) is 3.85. The third-order valence-corrected chi connectivity index (χ3v) is 2.76. The number of hydrogen-bond acceptors (Lipinski definition) is 0. The molecule has 1 aliphatic rings. The highest BCUT2D eigenvalue weighted by Gasteiger charge is 2.26. The van der Waals surface area contributed by atoms with Gasteiger partial charge in [0.1, 0.15) is 0 Å². The second-order valence-electron chi connectivity index (χ2n) is 3.85. The molecule has 59 valence electrons. The Morgan fingerprint density at radius 3 is 2.40 bits per heavy atom. The molecule has 0 aromatic heterocycles. The maximum atomic E-state index is 10.5. The Morgan fingerprint density at radius 1 is 1.40 bits per heavy atom. The summed E-state index contributed by atoms with van der Waals surface area (Å²) in [6, 6.07) is 0. The van der Waals surface area contributed by atoms with Crippen molar-refractivity contribution in [2.45, 2.75) is 33.1 Å². The molecule has 0 heterocycles. The van der Waals surface area contributed by atoms with Gasteiger partial charge in [-0.2, -0.15) is 0 Å². The fourth-order valence-corrected chi connectivity index (χ4v) is 1.87. The molecule has 1 heteroatoms. The molecule has 0 amide bonds. The maximum absolute atomic E-state index is 10.5. The van der Waals surface area contributed by atoms with Gasteiger partial charge in [0.15, 0.2) is 0 Å². The van der Waals surface area contributed by atoms with Gasteiger partial charge in [0.25, 0.3) is 0 Å². The SMILES string of the molecule is CC(C)C1CCC(C[O])C1. The molecule has 10 heavy (non-hydrogen) atoms. The molecule has 1 radical (unpaired) electrons. The van der Waals surface area contributed by atoms with Crippen LogP contribution in [0.1, 0.15) is 33.1 Å². The Balaban J connectivity index is 2.28. The monoisotopic (exact) mass is 141 g/mol. The summed E-state index contributed by atoms with van der Waals surface area (Å²) in [6.07, 6.45) is 3.68. The molecule has 1 aliphatic carbocycles. The summed E-state index contributed by atoms with van der Waals surface area (Å²) in [5.74, 6) is 2.14. The third-order valence-electron chi connectivity index (χ3n) is 2.76. The van der Waals surface area contributed by atoms with Crippen LogP contribution in [0.25, 0.3) is 0 Å². The van der Waals surface area contributed by atoms with Gasteiger partial charge in [-0.3, -0.25) is 0 Å². The Kier molecular flexibility index (Phi) is 2.72. The van der Waals surface area contributed by atoms with Crippen molar-refractivity contribution in [2.75, 3.05) is 6.61 Å². The lowest BCUT2D eigenvalue weighted by molar-refractivity contribution is 0.142. The third kappa shape index (κ3) is 1.72. The van der Waals surface area contributed by atoms with Crippen molar-refractivity contribution in [3.63, 3.8) is 0 Å². The highest BCUT2D eigenvalue weighted by atomic mass is 16.3. The summed E-state index contributed by atoms with van der Waals surface area (Å²) in [5, 5.41) is 10.5. The Hall–Kier alpha value is -0.0400. The smallest absolute Gasteiger partial charge is 0.0850 e. The lowest BCUT2D eigenvalue weighted by Gasteiger charge is -2.12. The number of hydrogen-bond donors (Lipinski definition) is 0. The molecule has 0 N–H and O–H groups in total. The lowest BCUT2D eigenvalue weighted by atomic mass is 9.93. The Labute approximate surface area is 63.4 Å². The van der Waals surface area contributed by atoms with Gasteiger partial charge in [-0.05, 0) is 37.0 Å². The van der Waals surface area contributed by atoms with E-state index in [9.17, 15) is 5.11 Å². The molecule has 0 saturated heterocycles. The van der Waals surface area contributed by atoms with E-state index in [2.05, 4.69) is 13.8 Å². The molecular formula is C9H17O. The van der Waals surface area contributed by atoms with Crippen LogP contribution in [0.5, 0.6) is 0 Å². The molecule has 0 spiro atoms. The summed E-state index contributed by atoms with van der Waals surface area (Å²) in [5.41, 5.74) is 0. The minimum atomic E-state index is 0.156. The van der Waals surface area contributed by atoms with E-state index in [4.69, 9.17) is 0 Å². The highest BCUT2D eigenvalue weighted by Crippen LogP contribution is 2.35. The van der Waals surface area contributed by atoms with Gasteiger partial charge in [-0.1, -0.05) is 13.8 Å². The van der Waals surface area contributed by atoms with Gasteiger partial charge in [0.05, 0.1) is 6.61 Å². The summed E-state index contributed by atoms with van der Waals surface area (Å²) < 4.78 is 0. The van der Waals surface area contributed by atoms with E-state index in [0.717, 1.165) is 11.8 Å². The van der Waals surface area contributed by atoms with Crippen molar-refractivity contribution in [3.8, 4) is 0 Å². The molecule has 0 aromatic rings. The van der Waals surface area contributed by atoms with E-state index >= 15 is 0 Å². The summed E-state index contributed by atoms with van der Waals surface area (Å²) in [4.78, 5) is 0.